The summed E-state index contributed by atoms with van der Waals surface area (Å²) in [6.07, 6.45) is 2.26. The topological polar surface area (TPSA) is 9.23 Å². The van der Waals surface area contributed by atoms with Crippen LogP contribution in [0.5, 0.6) is 11.5 Å². The van der Waals surface area contributed by atoms with Gasteiger partial charge in [-0.1, -0.05) is 37.6 Å². The largest absolute Gasteiger partial charge is 0.456 e. The summed E-state index contributed by atoms with van der Waals surface area (Å²) < 4.78 is 6.80. The molecule has 2 aromatic carbocycles. The molecule has 0 atom stereocenters. The Labute approximate surface area is 111 Å². The number of hydrogen-bond donors (Lipinski definition) is 0. The van der Waals surface area contributed by atoms with Crippen molar-refractivity contribution in [1.29, 1.82) is 0 Å². The summed E-state index contributed by atoms with van der Waals surface area (Å²) in [5.74, 6) is 1.72. The van der Waals surface area contributed by atoms with E-state index in [1.807, 2.05) is 36.4 Å². The average molecular weight is 291 g/mol. The zero-order chi connectivity index (χ0) is 12.1. The minimum atomic E-state index is 0.857. The van der Waals surface area contributed by atoms with E-state index in [0.29, 0.717) is 0 Å². The highest BCUT2D eigenvalue weighted by molar-refractivity contribution is 9.10. The van der Waals surface area contributed by atoms with Crippen molar-refractivity contribution in [3.05, 3.63) is 58.6 Å². The number of rotatable bonds is 4. The van der Waals surface area contributed by atoms with Crippen molar-refractivity contribution in [2.45, 2.75) is 19.8 Å². The summed E-state index contributed by atoms with van der Waals surface area (Å²) in [4.78, 5) is 0. The molecule has 0 amide bonds. The van der Waals surface area contributed by atoms with Gasteiger partial charge in [0.1, 0.15) is 11.5 Å². The molecular formula is C15H15BrO. The number of ether oxygens (including phenoxy) is 1. The minimum absolute atomic E-state index is 0.857. The van der Waals surface area contributed by atoms with Crippen LogP contribution in [-0.2, 0) is 6.42 Å². The van der Waals surface area contributed by atoms with Crippen molar-refractivity contribution in [2.75, 3.05) is 0 Å². The Morgan fingerprint density at radius 2 is 1.82 bits per heavy atom. The van der Waals surface area contributed by atoms with Crippen LogP contribution in [0.1, 0.15) is 18.9 Å². The monoisotopic (exact) mass is 290 g/mol. The van der Waals surface area contributed by atoms with Gasteiger partial charge in [0.25, 0.3) is 0 Å². The first-order chi connectivity index (χ1) is 8.29. The van der Waals surface area contributed by atoms with Gasteiger partial charge in [-0.3, -0.25) is 0 Å². The van der Waals surface area contributed by atoms with Crippen LogP contribution < -0.4 is 4.74 Å². The van der Waals surface area contributed by atoms with E-state index in [1.165, 1.54) is 5.56 Å². The number of para-hydroxylation sites is 1. The molecule has 0 aliphatic rings. The molecule has 2 heteroatoms. The van der Waals surface area contributed by atoms with Crippen molar-refractivity contribution in [3.63, 3.8) is 0 Å². The van der Waals surface area contributed by atoms with Crippen LogP contribution in [0.15, 0.2) is 53.0 Å². The molecule has 0 radical (unpaired) electrons. The number of halogens is 1. The predicted octanol–water partition coefficient (Wildman–Crippen LogP) is 5.19. The zero-order valence-electron chi connectivity index (χ0n) is 9.82. The standard InChI is InChI=1S/C15H15BrO/c1-2-6-12-9-10-15(14(16)11-12)17-13-7-4-3-5-8-13/h3-5,7-11H,2,6H2,1H3. The Morgan fingerprint density at radius 3 is 2.47 bits per heavy atom. The normalized spacial score (nSPS) is 10.2. The van der Waals surface area contributed by atoms with Crippen LogP contribution in [0.25, 0.3) is 0 Å². The van der Waals surface area contributed by atoms with E-state index < -0.39 is 0 Å². The molecule has 0 saturated carbocycles. The van der Waals surface area contributed by atoms with Gasteiger partial charge in [-0.05, 0) is 52.2 Å². The molecule has 0 aromatic heterocycles. The Bertz CT molecular complexity index is 480. The van der Waals surface area contributed by atoms with Crippen molar-refractivity contribution in [2.24, 2.45) is 0 Å². The maximum atomic E-state index is 5.80. The molecule has 0 spiro atoms. The third kappa shape index (κ3) is 3.34. The van der Waals surface area contributed by atoms with Gasteiger partial charge in [0.2, 0.25) is 0 Å². The Balaban J connectivity index is 2.17. The van der Waals surface area contributed by atoms with Crippen LogP contribution in [0.3, 0.4) is 0 Å². The van der Waals surface area contributed by atoms with Crippen LogP contribution in [0.4, 0.5) is 0 Å². The van der Waals surface area contributed by atoms with Gasteiger partial charge >= 0.3 is 0 Å². The summed E-state index contributed by atoms with van der Waals surface area (Å²) in [7, 11) is 0. The fourth-order valence-corrected chi connectivity index (χ4v) is 2.19. The molecule has 0 aliphatic carbocycles. The lowest BCUT2D eigenvalue weighted by Crippen LogP contribution is -1.88. The molecule has 0 N–H and O–H groups in total. The molecule has 2 rings (SSSR count). The zero-order valence-corrected chi connectivity index (χ0v) is 11.4. The molecule has 0 fully saturated rings. The van der Waals surface area contributed by atoms with Gasteiger partial charge in [0.15, 0.2) is 0 Å². The van der Waals surface area contributed by atoms with Crippen LogP contribution in [-0.4, -0.2) is 0 Å². The first-order valence-electron chi connectivity index (χ1n) is 5.81. The highest BCUT2D eigenvalue weighted by atomic mass is 79.9. The maximum Gasteiger partial charge on any atom is 0.141 e. The molecule has 0 heterocycles. The van der Waals surface area contributed by atoms with Gasteiger partial charge in [-0.15, -0.1) is 0 Å². The summed E-state index contributed by atoms with van der Waals surface area (Å²) in [5.41, 5.74) is 1.33. The maximum absolute atomic E-state index is 5.80. The summed E-state index contributed by atoms with van der Waals surface area (Å²) >= 11 is 3.55. The Kier molecular flexibility index (Phi) is 4.21. The van der Waals surface area contributed by atoms with E-state index in [4.69, 9.17) is 4.74 Å². The highest BCUT2D eigenvalue weighted by Crippen LogP contribution is 2.30. The highest BCUT2D eigenvalue weighted by Gasteiger charge is 2.03. The van der Waals surface area contributed by atoms with E-state index >= 15 is 0 Å². The molecule has 88 valence electrons. The number of benzene rings is 2. The Morgan fingerprint density at radius 1 is 1.06 bits per heavy atom. The quantitative estimate of drug-likeness (QED) is 0.753. The first kappa shape index (κ1) is 12.2. The summed E-state index contributed by atoms with van der Waals surface area (Å²) in [6.45, 7) is 2.18. The van der Waals surface area contributed by atoms with E-state index in [-0.39, 0.29) is 0 Å². The van der Waals surface area contributed by atoms with Gasteiger partial charge < -0.3 is 4.74 Å². The molecule has 0 bridgehead atoms. The second kappa shape index (κ2) is 5.87. The first-order valence-corrected chi connectivity index (χ1v) is 6.60. The van der Waals surface area contributed by atoms with E-state index in [9.17, 15) is 0 Å². The van der Waals surface area contributed by atoms with Gasteiger partial charge in [-0.2, -0.15) is 0 Å². The lowest BCUT2D eigenvalue weighted by Gasteiger charge is -2.09. The molecule has 0 saturated heterocycles. The average Bonchev–Trinajstić information content (AvgIpc) is 2.34. The van der Waals surface area contributed by atoms with E-state index in [1.54, 1.807) is 0 Å². The van der Waals surface area contributed by atoms with Crippen molar-refractivity contribution in [3.8, 4) is 11.5 Å². The molecule has 1 nitrogen and oxygen atoms in total. The van der Waals surface area contributed by atoms with Crippen LogP contribution in [0.2, 0.25) is 0 Å². The smallest absolute Gasteiger partial charge is 0.141 e. The number of aryl methyl sites for hydroxylation is 1. The minimum Gasteiger partial charge on any atom is -0.456 e. The lowest BCUT2D eigenvalue weighted by atomic mass is 10.1. The predicted molar refractivity (Wildman–Crippen MR) is 74.7 cm³/mol. The van der Waals surface area contributed by atoms with Crippen LogP contribution in [0, 0.1) is 0 Å². The second-order valence-electron chi connectivity index (χ2n) is 3.93. The van der Waals surface area contributed by atoms with Crippen molar-refractivity contribution < 1.29 is 4.74 Å². The Hall–Kier alpha value is -1.28. The van der Waals surface area contributed by atoms with Crippen molar-refractivity contribution >= 4 is 15.9 Å². The second-order valence-corrected chi connectivity index (χ2v) is 4.78. The van der Waals surface area contributed by atoms with E-state index in [0.717, 1.165) is 28.8 Å². The summed E-state index contributed by atoms with van der Waals surface area (Å²) in [6, 6.07) is 16.1. The van der Waals surface area contributed by atoms with Crippen LogP contribution >= 0.6 is 15.9 Å². The van der Waals surface area contributed by atoms with Gasteiger partial charge in [0.05, 0.1) is 4.47 Å². The molecule has 2 aromatic rings. The molecule has 17 heavy (non-hydrogen) atoms. The molecule has 0 unspecified atom stereocenters. The fraction of sp³-hybridized carbons (Fsp3) is 0.200. The van der Waals surface area contributed by atoms with Gasteiger partial charge in [0, 0.05) is 0 Å². The van der Waals surface area contributed by atoms with Crippen molar-refractivity contribution in [1.82, 2.24) is 0 Å². The summed E-state index contributed by atoms with van der Waals surface area (Å²) in [5, 5.41) is 0. The number of hydrogen-bond acceptors (Lipinski definition) is 1. The SMILES string of the molecule is CCCc1ccc(Oc2ccccc2)c(Br)c1. The molecular weight excluding hydrogens is 276 g/mol. The van der Waals surface area contributed by atoms with E-state index in [2.05, 4.69) is 35.0 Å². The lowest BCUT2D eigenvalue weighted by molar-refractivity contribution is 0.479. The third-order valence-corrected chi connectivity index (χ3v) is 3.13. The fourth-order valence-electron chi connectivity index (χ4n) is 1.69. The molecule has 0 aliphatic heterocycles. The third-order valence-electron chi connectivity index (χ3n) is 2.51. The van der Waals surface area contributed by atoms with Gasteiger partial charge in [-0.25, -0.2) is 0 Å².